The van der Waals surface area contributed by atoms with Gasteiger partial charge in [0.05, 0.1) is 4.21 Å². The van der Waals surface area contributed by atoms with Gasteiger partial charge in [0.15, 0.2) is 0 Å². The molecule has 126 valence electrons. The smallest absolute Gasteiger partial charge is 0.0649 e. The summed E-state index contributed by atoms with van der Waals surface area (Å²) in [7, 11) is 1.00. The molecule has 0 aliphatic carbocycles. The highest BCUT2D eigenvalue weighted by Gasteiger charge is 2.06. The molecule has 0 aliphatic rings. The molecule has 5 heteroatoms. The highest BCUT2D eigenvalue weighted by molar-refractivity contribution is 8.01. The average molecular weight is 376 g/mol. The molecule has 0 spiro atoms. The molecule has 0 unspecified atom stereocenters. The summed E-state index contributed by atoms with van der Waals surface area (Å²) in [5.41, 5.74) is 8.23. The number of aliphatic hydroxyl groups is 1. The molecule has 0 radical (unpaired) electrons. The Bertz CT molecular complexity index is 756. The molecular weight excluding hydrogens is 354 g/mol. The van der Waals surface area contributed by atoms with Gasteiger partial charge < -0.3 is 10.8 Å². The van der Waals surface area contributed by atoms with E-state index < -0.39 is 0 Å². The van der Waals surface area contributed by atoms with Gasteiger partial charge in [0.2, 0.25) is 0 Å². The summed E-state index contributed by atoms with van der Waals surface area (Å²) in [6, 6.07) is 21.6. The third-order valence-corrected chi connectivity index (χ3v) is 6.20. The second-order valence-electron chi connectivity index (χ2n) is 4.79. The average Bonchev–Trinajstić information content (AvgIpc) is 3.11. The molecule has 0 bridgehead atoms. The number of thiophene rings is 1. The fourth-order valence-electron chi connectivity index (χ4n) is 2.18. The summed E-state index contributed by atoms with van der Waals surface area (Å²) in [5, 5.41) is 7.00. The predicted octanol–water partition coefficient (Wildman–Crippen LogP) is 5.36. The van der Waals surface area contributed by atoms with Gasteiger partial charge in [0, 0.05) is 28.3 Å². The molecule has 3 N–H and O–H groups in total. The van der Waals surface area contributed by atoms with Gasteiger partial charge in [-0.2, -0.15) is 0 Å². The normalized spacial score (nSPS) is 10.2. The van der Waals surface area contributed by atoms with Crippen molar-refractivity contribution in [1.82, 2.24) is 0 Å². The Morgan fingerprint density at radius 2 is 1.62 bits per heavy atom. The quantitative estimate of drug-likeness (QED) is 0.590. The Morgan fingerprint density at radius 3 is 2.25 bits per heavy atom. The highest BCUT2D eigenvalue weighted by Crippen LogP contribution is 2.37. The monoisotopic (exact) mass is 375 g/mol. The summed E-state index contributed by atoms with van der Waals surface area (Å²) in [6.07, 6.45) is 2.12. The molecule has 0 amide bonds. The summed E-state index contributed by atoms with van der Waals surface area (Å²) in [4.78, 5) is 3.79. The molecule has 3 rings (SSSR count). The van der Waals surface area contributed by atoms with Crippen LogP contribution in [0.4, 0.5) is 0 Å². The van der Waals surface area contributed by atoms with E-state index in [2.05, 4.69) is 66.9 Å². The lowest BCUT2D eigenvalue weighted by molar-refractivity contribution is 0.399. The third-order valence-electron chi connectivity index (χ3n) is 3.28. The van der Waals surface area contributed by atoms with Gasteiger partial charge >= 0.3 is 0 Å². The van der Waals surface area contributed by atoms with Crippen molar-refractivity contribution in [2.45, 2.75) is 20.5 Å². The van der Waals surface area contributed by atoms with Crippen molar-refractivity contribution in [3.05, 3.63) is 65.5 Å². The van der Waals surface area contributed by atoms with Crippen LogP contribution in [-0.2, 0) is 6.54 Å². The number of hydrogen-bond acceptors (Lipinski definition) is 5. The first-order chi connectivity index (χ1) is 11.8. The summed E-state index contributed by atoms with van der Waals surface area (Å²) in [5.74, 6) is 0. The van der Waals surface area contributed by atoms with E-state index in [1.165, 1.54) is 30.0 Å². The Hall–Kier alpha value is -1.24. The number of benzene rings is 2. The van der Waals surface area contributed by atoms with Crippen LogP contribution in [0.25, 0.3) is 11.1 Å². The van der Waals surface area contributed by atoms with Gasteiger partial charge in [-0.05, 0) is 47.7 Å². The zero-order valence-corrected chi connectivity index (χ0v) is 16.2. The van der Waals surface area contributed by atoms with E-state index in [1.807, 2.05) is 11.8 Å². The van der Waals surface area contributed by atoms with Gasteiger partial charge in [0.25, 0.3) is 0 Å². The summed E-state index contributed by atoms with van der Waals surface area (Å²) < 4.78 is 1.29. The SMILES string of the molecule is CO.CSc1cc(Sc2ccc(CN)s2)cc(-c2ccccc2)c1. The zero-order chi connectivity index (χ0) is 17.4. The summed E-state index contributed by atoms with van der Waals surface area (Å²) >= 11 is 5.37. The van der Waals surface area contributed by atoms with Crippen LogP contribution in [0.2, 0.25) is 0 Å². The molecule has 2 nitrogen and oxygen atoms in total. The van der Waals surface area contributed by atoms with Gasteiger partial charge in [0.1, 0.15) is 0 Å². The first kappa shape index (κ1) is 19.1. The maximum Gasteiger partial charge on any atom is 0.0649 e. The fourth-order valence-corrected chi connectivity index (χ4v) is 4.88. The third kappa shape index (κ3) is 5.13. The highest BCUT2D eigenvalue weighted by atomic mass is 32.2. The van der Waals surface area contributed by atoms with Crippen LogP contribution in [0.15, 0.2) is 74.7 Å². The Morgan fingerprint density at radius 1 is 0.917 bits per heavy atom. The zero-order valence-electron chi connectivity index (χ0n) is 13.7. The molecule has 24 heavy (non-hydrogen) atoms. The molecule has 0 atom stereocenters. The van der Waals surface area contributed by atoms with Crippen LogP contribution in [0.3, 0.4) is 0 Å². The fraction of sp³-hybridized carbons (Fsp3) is 0.158. The van der Waals surface area contributed by atoms with E-state index in [9.17, 15) is 0 Å². The van der Waals surface area contributed by atoms with E-state index in [0.717, 1.165) is 7.11 Å². The van der Waals surface area contributed by atoms with Crippen LogP contribution in [0, 0.1) is 0 Å². The van der Waals surface area contributed by atoms with Crippen LogP contribution in [0.1, 0.15) is 4.88 Å². The van der Waals surface area contributed by atoms with Crippen molar-refractivity contribution in [2.24, 2.45) is 5.73 Å². The van der Waals surface area contributed by atoms with Gasteiger partial charge in [-0.25, -0.2) is 0 Å². The van der Waals surface area contributed by atoms with Crippen molar-refractivity contribution < 1.29 is 5.11 Å². The first-order valence-corrected chi connectivity index (χ1v) is 10.3. The number of nitrogens with two attached hydrogens (primary N) is 1. The molecule has 2 aromatic carbocycles. The van der Waals surface area contributed by atoms with E-state index in [-0.39, 0.29) is 0 Å². The molecule has 0 fully saturated rings. The molecule has 1 heterocycles. The van der Waals surface area contributed by atoms with Gasteiger partial charge in [-0.15, -0.1) is 23.1 Å². The molecule has 3 aromatic rings. The lowest BCUT2D eigenvalue weighted by Crippen LogP contribution is -1.90. The van der Waals surface area contributed by atoms with E-state index in [0.29, 0.717) is 6.54 Å². The van der Waals surface area contributed by atoms with Crippen LogP contribution < -0.4 is 5.73 Å². The van der Waals surface area contributed by atoms with Crippen molar-refractivity contribution in [2.75, 3.05) is 13.4 Å². The van der Waals surface area contributed by atoms with Crippen molar-refractivity contribution in [3.63, 3.8) is 0 Å². The molecular formula is C19H21NOS3. The van der Waals surface area contributed by atoms with E-state index in [1.54, 1.807) is 23.1 Å². The minimum atomic E-state index is 0.616. The lowest BCUT2D eigenvalue weighted by atomic mass is 10.1. The largest absolute Gasteiger partial charge is 0.400 e. The molecule has 1 aromatic heterocycles. The molecule has 0 aliphatic heterocycles. The van der Waals surface area contributed by atoms with Crippen molar-refractivity contribution in [1.29, 1.82) is 0 Å². The van der Waals surface area contributed by atoms with Crippen LogP contribution >= 0.6 is 34.9 Å². The Labute approximate surface area is 156 Å². The standard InChI is InChI=1S/C18H17NS3.CH4O/c1-20-16-9-14(13-5-3-2-4-6-13)10-17(11-16)22-18-8-7-15(12-19)21-18;1-2/h2-11H,12,19H2,1H3;2H,1H3. The van der Waals surface area contributed by atoms with Crippen LogP contribution in [-0.4, -0.2) is 18.5 Å². The maximum absolute atomic E-state index is 7.00. The maximum atomic E-state index is 7.00. The van der Waals surface area contributed by atoms with E-state index >= 15 is 0 Å². The molecule has 0 saturated carbocycles. The van der Waals surface area contributed by atoms with Crippen molar-refractivity contribution in [3.8, 4) is 11.1 Å². The topological polar surface area (TPSA) is 46.2 Å². The second kappa shape index (κ2) is 9.91. The Balaban J connectivity index is 0.00000100. The van der Waals surface area contributed by atoms with Gasteiger partial charge in [-0.3, -0.25) is 0 Å². The van der Waals surface area contributed by atoms with E-state index in [4.69, 9.17) is 10.8 Å². The van der Waals surface area contributed by atoms with Crippen molar-refractivity contribution >= 4 is 34.9 Å². The van der Waals surface area contributed by atoms with Gasteiger partial charge in [-0.1, -0.05) is 42.1 Å². The minimum Gasteiger partial charge on any atom is -0.400 e. The predicted molar refractivity (Wildman–Crippen MR) is 108 cm³/mol. The van der Waals surface area contributed by atoms with Crippen LogP contribution in [0.5, 0.6) is 0 Å². The number of thioether (sulfide) groups is 1. The number of hydrogen-bond donors (Lipinski definition) is 2. The Kier molecular flexibility index (Phi) is 7.88. The minimum absolute atomic E-state index is 0.616. The lowest BCUT2D eigenvalue weighted by Gasteiger charge is -2.08. The second-order valence-corrected chi connectivity index (χ2v) is 8.21. The first-order valence-electron chi connectivity index (χ1n) is 7.44. The summed E-state index contributed by atoms with van der Waals surface area (Å²) in [6.45, 7) is 0.616. The molecule has 0 saturated heterocycles. The number of aliphatic hydroxyl groups excluding tert-OH is 1. The number of rotatable bonds is 5.